The maximum Gasteiger partial charge on any atom is 0.302 e. The van der Waals surface area contributed by atoms with Crippen LogP contribution in [-0.4, -0.2) is 12.1 Å². The highest BCUT2D eigenvalue weighted by Gasteiger charge is 2.04. The van der Waals surface area contributed by atoms with Gasteiger partial charge >= 0.3 is 5.97 Å². The molecule has 114 valence electrons. The Labute approximate surface area is 120 Å². The van der Waals surface area contributed by atoms with Gasteiger partial charge in [0.05, 0.1) is 6.10 Å². The van der Waals surface area contributed by atoms with Crippen molar-refractivity contribution in [2.45, 2.75) is 104 Å². The van der Waals surface area contributed by atoms with Gasteiger partial charge in [0, 0.05) is 6.92 Å². The van der Waals surface area contributed by atoms with Crippen molar-refractivity contribution in [3.63, 3.8) is 0 Å². The third-order valence-electron chi connectivity index (χ3n) is 3.58. The molecule has 0 aromatic heterocycles. The molecule has 0 aliphatic carbocycles. The standard InChI is InChI=1S/C17H34O2/c1-4-5-6-7-8-9-10-11-12-13-14-15-16(2)19-17(3)18/h16H,4-15H2,1-3H3. The van der Waals surface area contributed by atoms with Gasteiger partial charge in [-0.1, -0.05) is 71.1 Å². The Balaban J connectivity index is 3.08. The van der Waals surface area contributed by atoms with E-state index in [0.29, 0.717) is 0 Å². The van der Waals surface area contributed by atoms with Gasteiger partial charge in [0.2, 0.25) is 0 Å². The minimum absolute atomic E-state index is 0.0936. The van der Waals surface area contributed by atoms with Crippen LogP contribution in [0.5, 0.6) is 0 Å². The second kappa shape index (κ2) is 13.9. The smallest absolute Gasteiger partial charge is 0.302 e. The molecule has 2 nitrogen and oxygen atoms in total. The first-order valence-corrected chi connectivity index (χ1v) is 8.34. The van der Waals surface area contributed by atoms with Crippen LogP contribution in [0.3, 0.4) is 0 Å². The summed E-state index contributed by atoms with van der Waals surface area (Å²) in [5.74, 6) is -0.157. The van der Waals surface area contributed by atoms with Gasteiger partial charge in [-0.05, 0) is 19.8 Å². The SMILES string of the molecule is CCCCCCCCCCCCCC(C)OC(C)=O. The van der Waals surface area contributed by atoms with E-state index in [4.69, 9.17) is 4.74 Å². The van der Waals surface area contributed by atoms with Crippen LogP contribution in [0.2, 0.25) is 0 Å². The number of carbonyl (C=O) groups is 1. The number of ether oxygens (including phenoxy) is 1. The summed E-state index contributed by atoms with van der Waals surface area (Å²) in [6.07, 6.45) is 16.1. The summed E-state index contributed by atoms with van der Waals surface area (Å²) in [4.78, 5) is 10.7. The summed E-state index contributed by atoms with van der Waals surface area (Å²) in [5, 5.41) is 0. The van der Waals surface area contributed by atoms with E-state index >= 15 is 0 Å². The number of carbonyl (C=O) groups excluding carboxylic acids is 1. The summed E-state index contributed by atoms with van der Waals surface area (Å²) < 4.78 is 5.10. The zero-order valence-corrected chi connectivity index (χ0v) is 13.4. The fourth-order valence-electron chi connectivity index (χ4n) is 2.44. The number of rotatable bonds is 13. The van der Waals surface area contributed by atoms with Crippen LogP contribution in [0.15, 0.2) is 0 Å². The lowest BCUT2D eigenvalue weighted by atomic mass is 10.0. The van der Waals surface area contributed by atoms with E-state index in [-0.39, 0.29) is 12.1 Å². The Hall–Kier alpha value is -0.530. The molecule has 19 heavy (non-hydrogen) atoms. The molecule has 0 aliphatic rings. The van der Waals surface area contributed by atoms with Crippen molar-refractivity contribution in [1.82, 2.24) is 0 Å². The van der Waals surface area contributed by atoms with E-state index in [1.807, 2.05) is 6.92 Å². The predicted molar refractivity (Wildman–Crippen MR) is 82.3 cm³/mol. The number of esters is 1. The van der Waals surface area contributed by atoms with Gasteiger partial charge in [0.15, 0.2) is 0 Å². The molecule has 0 spiro atoms. The minimum Gasteiger partial charge on any atom is -0.463 e. The van der Waals surface area contributed by atoms with Crippen LogP contribution in [0, 0.1) is 0 Å². The highest BCUT2D eigenvalue weighted by Crippen LogP contribution is 2.13. The van der Waals surface area contributed by atoms with Gasteiger partial charge < -0.3 is 4.74 Å². The van der Waals surface area contributed by atoms with Gasteiger partial charge in [0.25, 0.3) is 0 Å². The third-order valence-corrected chi connectivity index (χ3v) is 3.58. The summed E-state index contributed by atoms with van der Waals surface area (Å²) in [5.41, 5.74) is 0. The first-order chi connectivity index (χ1) is 9.16. The molecule has 0 saturated heterocycles. The maximum atomic E-state index is 10.7. The van der Waals surface area contributed by atoms with Crippen LogP contribution in [0.25, 0.3) is 0 Å². The Bertz CT molecular complexity index is 201. The second-order valence-corrected chi connectivity index (χ2v) is 5.74. The van der Waals surface area contributed by atoms with Crippen molar-refractivity contribution in [2.75, 3.05) is 0 Å². The molecule has 0 bridgehead atoms. The fraction of sp³-hybridized carbons (Fsp3) is 0.941. The van der Waals surface area contributed by atoms with Crippen molar-refractivity contribution in [2.24, 2.45) is 0 Å². The monoisotopic (exact) mass is 270 g/mol. The molecule has 0 rings (SSSR count). The highest BCUT2D eigenvalue weighted by molar-refractivity contribution is 5.66. The average molecular weight is 270 g/mol. The van der Waals surface area contributed by atoms with E-state index in [1.165, 1.54) is 77.6 Å². The zero-order chi connectivity index (χ0) is 14.3. The molecular formula is C17H34O2. The molecule has 0 fully saturated rings. The first kappa shape index (κ1) is 18.5. The predicted octanol–water partition coefficient (Wildman–Crippen LogP) is 5.64. The summed E-state index contributed by atoms with van der Waals surface area (Å²) in [6, 6.07) is 0. The van der Waals surface area contributed by atoms with E-state index in [1.54, 1.807) is 0 Å². The van der Waals surface area contributed by atoms with Crippen LogP contribution in [-0.2, 0) is 9.53 Å². The van der Waals surface area contributed by atoms with E-state index in [2.05, 4.69) is 6.92 Å². The normalized spacial score (nSPS) is 12.4. The van der Waals surface area contributed by atoms with Crippen LogP contribution in [0.4, 0.5) is 0 Å². The molecule has 0 aromatic carbocycles. The molecule has 1 atom stereocenters. The molecule has 0 N–H and O–H groups in total. The van der Waals surface area contributed by atoms with Crippen molar-refractivity contribution in [1.29, 1.82) is 0 Å². The van der Waals surface area contributed by atoms with Crippen LogP contribution >= 0.6 is 0 Å². The number of hydrogen-bond donors (Lipinski definition) is 0. The van der Waals surface area contributed by atoms with Gasteiger partial charge in [-0.25, -0.2) is 0 Å². The van der Waals surface area contributed by atoms with Crippen molar-refractivity contribution in [3.8, 4) is 0 Å². The van der Waals surface area contributed by atoms with E-state index < -0.39 is 0 Å². The zero-order valence-electron chi connectivity index (χ0n) is 13.4. The summed E-state index contributed by atoms with van der Waals surface area (Å²) in [7, 11) is 0. The molecular weight excluding hydrogens is 236 g/mol. The van der Waals surface area contributed by atoms with Gasteiger partial charge in [-0.3, -0.25) is 4.79 Å². The largest absolute Gasteiger partial charge is 0.463 e. The summed E-state index contributed by atoms with van der Waals surface area (Å²) >= 11 is 0. The Kier molecular flexibility index (Phi) is 13.5. The van der Waals surface area contributed by atoms with E-state index in [0.717, 1.165) is 6.42 Å². The molecule has 0 amide bonds. The van der Waals surface area contributed by atoms with Crippen molar-refractivity contribution < 1.29 is 9.53 Å². The Morgan fingerprint density at radius 2 is 1.26 bits per heavy atom. The Morgan fingerprint density at radius 1 is 0.842 bits per heavy atom. The minimum atomic E-state index is -0.157. The number of unbranched alkanes of at least 4 members (excludes halogenated alkanes) is 10. The fourth-order valence-corrected chi connectivity index (χ4v) is 2.44. The van der Waals surface area contributed by atoms with Crippen molar-refractivity contribution in [3.05, 3.63) is 0 Å². The molecule has 0 aliphatic heterocycles. The second-order valence-electron chi connectivity index (χ2n) is 5.74. The lowest BCUT2D eigenvalue weighted by molar-refractivity contribution is -0.145. The van der Waals surface area contributed by atoms with Crippen LogP contribution in [0.1, 0.15) is 97.8 Å². The Morgan fingerprint density at radius 3 is 1.68 bits per heavy atom. The average Bonchev–Trinajstić information content (AvgIpc) is 2.35. The molecule has 0 heterocycles. The lowest BCUT2D eigenvalue weighted by Crippen LogP contribution is -2.11. The maximum absolute atomic E-state index is 10.7. The van der Waals surface area contributed by atoms with Crippen molar-refractivity contribution >= 4 is 5.97 Å². The number of hydrogen-bond acceptors (Lipinski definition) is 2. The van der Waals surface area contributed by atoms with Gasteiger partial charge in [-0.15, -0.1) is 0 Å². The quantitative estimate of drug-likeness (QED) is 0.320. The van der Waals surface area contributed by atoms with Crippen LogP contribution < -0.4 is 0 Å². The van der Waals surface area contributed by atoms with Gasteiger partial charge in [0.1, 0.15) is 0 Å². The van der Waals surface area contributed by atoms with E-state index in [9.17, 15) is 4.79 Å². The molecule has 0 aromatic rings. The third kappa shape index (κ3) is 15.4. The first-order valence-electron chi connectivity index (χ1n) is 8.34. The summed E-state index contributed by atoms with van der Waals surface area (Å²) in [6.45, 7) is 5.73. The molecule has 2 heteroatoms. The molecule has 0 radical (unpaired) electrons. The highest BCUT2D eigenvalue weighted by atomic mass is 16.5. The van der Waals surface area contributed by atoms with Gasteiger partial charge in [-0.2, -0.15) is 0 Å². The topological polar surface area (TPSA) is 26.3 Å². The lowest BCUT2D eigenvalue weighted by Gasteiger charge is -2.11. The molecule has 0 saturated carbocycles. The molecule has 1 unspecified atom stereocenters.